The van der Waals surface area contributed by atoms with Crippen LogP contribution in [0.25, 0.3) is 0 Å². The summed E-state index contributed by atoms with van der Waals surface area (Å²) in [6.07, 6.45) is 1.68. The van der Waals surface area contributed by atoms with Gasteiger partial charge in [0.05, 0.1) is 0 Å². The maximum atomic E-state index is 12.7. The highest BCUT2D eigenvalue weighted by Crippen LogP contribution is 2.18. The summed E-state index contributed by atoms with van der Waals surface area (Å²) in [5.74, 6) is 0.265. The normalized spacial score (nSPS) is 17.2. The van der Waals surface area contributed by atoms with Gasteiger partial charge in [0, 0.05) is 20.1 Å². The Balaban J connectivity index is 1.64. The van der Waals surface area contributed by atoms with Crippen molar-refractivity contribution in [3.05, 3.63) is 53.7 Å². The molecule has 0 spiro atoms. The second kappa shape index (κ2) is 7.74. The smallest absolute Gasteiger partial charge is 0.271 e. The molecule has 130 valence electrons. The minimum Gasteiger partial charge on any atom is -0.357 e. The van der Waals surface area contributed by atoms with Gasteiger partial charge < -0.3 is 15.5 Å². The zero-order valence-corrected chi connectivity index (χ0v) is 14.1. The van der Waals surface area contributed by atoms with E-state index in [-0.39, 0.29) is 23.6 Å². The first-order valence-electron chi connectivity index (χ1n) is 8.32. The van der Waals surface area contributed by atoms with E-state index in [1.54, 1.807) is 12.1 Å². The van der Waals surface area contributed by atoms with Crippen molar-refractivity contribution < 1.29 is 9.59 Å². The van der Waals surface area contributed by atoms with E-state index in [0.717, 1.165) is 24.9 Å². The van der Waals surface area contributed by atoms with Crippen molar-refractivity contribution in [2.24, 2.45) is 0 Å². The molecule has 0 aliphatic carbocycles. The molecule has 2 aromatic rings. The van der Waals surface area contributed by atoms with E-state index in [1.165, 1.54) is 7.05 Å². The zero-order valence-electron chi connectivity index (χ0n) is 14.1. The number of hydrogen-bond acceptors (Lipinski definition) is 5. The molecule has 1 saturated heterocycles. The van der Waals surface area contributed by atoms with Crippen LogP contribution in [0.15, 0.2) is 42.5 Å². The Bertz CT molecular complexity index is 733. The molecule has 1 aromatic heterocycles. The van der Waals surface area contributed by atoms with E-state index < -0.39 is 0 Å². The highest BCUT2D eigenvalue weighted by Gasteiger charge is 2.29. The van der Waals surface area contributed by atoms with E-state index in [4.69, 9.17) is 0 Å². The van der Waals surface area contributed by atoms with E-state index in [1.807, 2.05) is 35.2 Å². The molecule has 0 saturated carbocycles. The minimum atomic E-state index is -0.322. The second-order valence-electron chi connectivity index (χ2n) is 5.97. The molecular weight excluding hydrogens is 318 g/mol. The van der Waals surface area contributed by atoms with Crippen LogP contribution in [0.2, 0.25) is 0 Å². The number of carbonyl (C=O) groups is 2. The van der Waals surface area contributed by atoms with Gasteiger partial charge in [-0.15, -0.1) is 10.2 Å². The Morgan fingerprint density at radius 3 is 2.68 bits per heavy atom. The Labute approximate surface area is 146 Å². The van der Waals surface area contributed by atoms with Gasteiger partial charge in [-0.3, -0.25) is 9.59 Å². The lowest BCUT2D eigenvalue weighted by Gasteiger charge is -2.32. The number of carbonyl (C=O) groups excluding carboxylic acids is 2. The molecule has 0 radical (unpaired) electrons. The summed E-state index contributed by atoms with van der Waals surface area (Å²) < 4.78 is 0. The Morgan fingerprint density at radius 1 is 1.20 bits per heavy atom. The summed E-state index contributed by atoms with van der Waals surface area (Å²) in [5, 5.41) is 13.5. The fraction of sp³-hybridized carbons (Fsp3) is 0.333. The van der Waals surface area contributed by atoms with Gasteiger partial charge in [-0.05, 0) is 30.5 Å². The number of nitrogens with zero attached hydrogens (tertiary/aromatic N) is 3. The Morgan fingerprint density at radius 2 is 2.00 bits per heavy atom. The average Bonchev–Trinajstić information content (AvgIpc) is 2.66. The van der Waals surface area contributed by atoms with Crippen LogP contribution in [-0.4, -0.2) is 46.5 Å². The van der Waals surface area contributed by atoms with Crippen LogP contribution in [0.4, 0.5) is 5.82 Å². The number of likely N-dealkylation sites (tertiary alicyclic amines) is 1. The van der Waals surface area contributed by atoms with E-state index in [9.17, 15) is 9.59 Å². The molecule has 2 amide bonds. The molecule has 1 aromatic carbocycles. The number of hydrogen-bond donors (Lipinski definition) is 2. The fourth-order valence-electron chi connectivity index (χ4n) is 2.87. The predicted molar refractivity (Wildman–Crippen MR) is 93.9 cm³/mol. The van der Waals surface area contributed by atoms with Gasteiger partial charge in [-0.1, -0.05) is 30.3 Å². The fourth-order valence-corrected chi connectivity index (χ4v) is 2.87. The molecule has 1 atom stereocenters. The molecule has 1 aliphatic rings. The number of piperidine rings is 1. The third-order valence-electron chi connectivity index (χ3n) is 4.19. The lowest BCUT2D eigenvalue weighted by atomic mass is 10.0. The predicted octanol–water partition coefficient (Wildman–Crippen LogP) is 1.44. The van der Waals surface area contributed by atoms with Crippen LogP contribution in [0, 0.1) is 0 Å². The first kappa shape index (κ1) is 16.9. The van der Waals surface area contributed by atoms with Crippen LogP contribution in [0.5, 0.6) is 0 Å². The molecule has 7 heteroatoms. The first-order valence-corrected chi connectivity index (χ1v) is 8.32. The lowest BCUT2D eigenvalue weighted by molar-refractivity contribution is -0.134. The summed E-state index contributed by atoms with van der Waals surface area (Å²) in [7, 11) is 1.54. The molecular formula is C18H21N5O2. The third-order valence-corrected chi connectivity index (χ3v) is 4.19. The second-order valence-corrected chi connectivity index (χ2v) is 5.97. The largest absolute Gasteiger partial charge is 0.357 e. The van der Waals surface area contributed by atoms with Gasteiger partial charge in [-0.25, -0.2) is 0 Å². The Kier molecular flexibility index (Phi) is 5.23. The van der Waals surface area contributed by atoms with Crippen LogP contribution >= 0.6 is 0 Å². The molecule has 3 rings (SSSR count). The van der Waals surface area contributed by atoms with Crippen molar-refractivity contribution in [2.45, 2.75) is 25.4 Å². The third kappa shape index (κ3) is 4.12. The summed E-state index contributed by atoms with van der Waals surface area (Å²) >= 11 is 0. The molecule has 1 fully saturated rings. The summed E-state index contributed by atoms with van der Waals surface area (Å²) in [4.78, 5) is 26.1. The van der Waals surface area contributed by atoms with Crippen LogP contribution in [0.3, 0.4) is 0 Å². The number of anilines is 1. The molecule has 1 unspecified atom stereocenters. The summed E-state index contributed by atoms with van der Waals surface area (Å²) in [5.41, 5.74) is 1.36. The Hall–Kier alpha value is -2.96. The average molecular weight is 339 g/mol. The van der Waals surface area contributed by atoms with Gasteiger partial charge in [0.15, 0.2) is 5.69 Å². The van der Waals surface area contributed by atoms with E-state index in [0.29, 0.717) is 12.4 Å². The number of benzene rings is 1. The quantitative estimate of drug-likeness (QED) is 0.861. The monoisotopic (exact) mass is 339 g/mol. The molecule has 0 bridgehead atoms. The SMILES string of the molecule is CNC(=O)c1ccc(NC2CCCN(Cc3ccccc3)C2=O)nn1. The van der Waals surface area contributed by atoms with Gasteiger partial charge in [0.2, 0.25) is 5.91 Å². The first-order chi connectivity index (χ1) is 12.2. The topological polar surface area (TPSA) is 87.2 Å². The van der Waals surface area contributed by atoms with Crippen molar-refractivity contribution in [1.29, 1.82) is 0 Å². The molecule has 1 aliphatic heterocycles. The zero-order chi connectivity index (χ0) is 17.6. The molecule has 2 N–H and O–H groups in total. The van der Waals surface area contributed by atoms with Gasteiger partial charge in [0.1, 0.15) is 11.9 Å². The van der Waals surface area contributed by atoms with Crippen molar-refractivity contribution in [3.63, 3.8) is 0 Å². The maximum Gasteiger partial charge on any atom is 0.271 e. The minimum absolute atomic E-state index is 0.0623. The van der Waals surface area contributed by atoms with Crippen LogP contribution in [-0.2, 0) is 11.3 Å². The van der Waals surface area contributed by atoms with Gasteiger partial charge >= 0.3 is 0 Å². The highest BCUT2D eigenvalue weighted by atomic mass is 16.2. The number of amides is 2. The van der Waals surface area contributed by atoms with Crippen LogP contribution < -0.4 is 10.6 Å². The van der Waals surface area contributed by atoms with Gasteiger partial charge in [0.25, 0.3) is 5.91 Å². The van der Waals surface area contributed by atoms with Crippen molar-refractivity contribution >= 4 is 17.6 Å². The van der Waals surface area contributed by atoms with Crippen molar-refractivity contribution in [1.82, 2.24) is 20.4 Å². The summed E-state index contributed by atoms with van der Waals surface area (Å²) in [6.45, 7) is 1.37. The number of rotatable bonds is 5. The van der Waals surface area contributed by atoms with Crippen molar-refractivity contribution in [3.8, 4) is 0 Å². The van der Waals surface area contributed by atoms with Crippen LogP contribution in [0.1, 0.15) is 28.9 Å². The number of aromatic nitrogens is 2. The maximum absolute atomic E-state index is 12.7. The standard InChI is InChI=1S/C18H21N5O2/c1-19-17(24)14-9-10-16(22-21-14)20-15-8-5-11-23(18(15)25)12-13-6-3-2-4-7-13/h2-4,6-7,9-10,15H,5,8,11-12H2,1H3,(H,19,24)(H,20,22). The molecule has 25 heavy (non-hydrogen) atoms. The lowest BCUT2D eigenvalue weighted by Crippen LogP contribution is -2.47. The van der Waals surface area contributed by atoms with E-state index >= 15 is 0 Å². The summed E-state index contributed by atoms with van der Waals surface area (Å²) in [6, 6.07) is 12.9. The number of nitrogens with one attached hydrogen (secondary N) is 2. The van der Waals surface area contributed by atoms with Gasteiger partial charge in [-0.2, -0.15) is 0 Å². The highest BCUT2D eigenvalue weighted by molar-refractivity contribution is 5.92. The van der Waals surface area contributed by atoms with Crippen molar-refractivity contribution in [2.75, 3.05) is 18.9 Å². The molecule has 7 nitrogen and oxygen atoms in total. The molecule has 2 heterocycles. The van der Waals surface area contributed by atoms with E-state index in [2.05, 4.69) is 20.8 Å².